The number of nitrogens with zero attached hydrogens (tertiary/aromatic N) is 1. The number of halogens is 1. The Balaban J connectivity index is 0.00000484. The molecule has 0 atom stereocenters. The molecule has 1 aromatic carbocycles. The van der Waals surface area contributed by atoms with Gasteiger partial charge in [-0.15, -0.1) is 12.4 Å². The zero-order valence-electron chi connectivity index (χ0n) is 14.3. The largest absolute Gasteiger partial charge is 0.369 e. The van der Waals surface area contributed by atoms with E-state index in [2.05, 4.69) is 12.2 Å². The number of guanidine groups is 1. The second-order valence-electron chi connectivity index (χ2n) is 5.61. The molecule has 0 radical (unpaired) electrons. The molecular weight excluding hydrogens is 312 g/mol. The molecule has 5 nitrogen and oxygen atoms in total. The van der Waals surface area contributed by atoms with Crippen LogP contribution in [0.2, 0.25) is 0 Å². The maximum atomic E-state index is 12.4. The van der Waals surface area contributed by atoms with E-state index in [1.807, 2.05) is 32.0 Å². The summed E-state index contributed by atoms with van der Waals surface area (Å²) in [4.78, 5) is 13.6. The third kappa shape index (κ3) is 6.48. The summed E-state index contributed by atoms with van der Waals surface area (Å²) in [6.45, 7) is 6.61. The van der Waals surface area contributed by atoms with Gasteiger partial charge in [0.1, 0.15) is 0 Å². The van der Waals surface area contributed by atoms with Crippen LogP contribution in [0, 0.1) is 19.3 Å². The van der Waals surface area contributed by atoms with Crippen molar-refractivity contribution in [2.45, 2.75) is 52.9 Å². The molecule has 4 N–H and O–H groups in total. The predicted octanol–water partition coefficient (Wildman–Crippen LogP) is 4.11. The first kappa shape index (κ1) is 21.2. The highest BCUT2D eigenvalue weighted by Gasteiger charge is 2.21. The Morgan fingerprint density at radius 3 is 2.26 bits per heavy atom. The van der Waals surface area contributed by atoms with Crippen LogP contribution in [0.15, 0.2) is 18.2 Å². The Bertz CT molecular complexity index is 499. The summed E-state index contributed by atoms with van der Waals surface area (Å²) >= 11 is 0. The summed E-state index contributed by atoms with van der Waals surface area (Å²) in [6.07, 6.45) is 5.69. The van der Waals surface area contributed by atoms with E-state index in [0.29, 0.717) is 12.2 Å². The van der Waals surface area contributed by atoms with Crippen LogP contribution < -0.4 is 16.0 Å². The van der Waals surface area contributed by atoms with Gasteiger partial charge in [-0.2, -0.15) is 0 Å². The molecule has 2 amide bonds. The fourth-order valence-corrected chi connectivity index (χ4v) is 2.49. The van der Waals surface area contributed by atoms with E-state index >= 15 is 0 Å². The summed E-state index contributed by atoms with van der Waals surface area (Å²) in [5, 5.41) is 10.6. The lowest BCUT2D eigenvalue weighted by molar-refractivity contribution is 0.248. The molecule has 0 bridgehead atoms. The van der Waals surface area contributed by atoms with Crippen LogP contribution in [0.5, 0.6) is 0 Å². The number of aryl methyl sites for hydroxylation is 2. The molecule has 130 valence electrons. The van der Waals surface area contributed by atoms with E-state index in [0.717, 1.165) is 24.0 Å². The monoisotopic (exact) mass is 340 g/mol. The van der Waals surface area contributed by atoms with Gasteiger partial charge in [0, 0.05) is 6.54 Å². The summed E-state index contributed by atoms with van der Waals surface area (Å²) < 4.78 is 0. The van der Waals surface area contributed by atoms with Gasteiger partial charge in [-0.05, 0) is 31.4 Å². The van der Waals surface area contributed by atoms with Gasteiger partial charge in [-0.3, -0.25) is 5.41 Å². The number of hydrogen-bond donors (Lipinski definition) is 3. The number of nitrogens with two attached hydrogens (primary N) is 1. The molecule has 0 aliphatic carbocycles. The standard InChI is InChI=1S/C17H28N4O.ClH/c1-4-5-6-7-8-12-20-17(22)21(16(18)19)15-13(2)10-9-11-14(15)3;/h9-11H,4-8,12H2,1-3H3,(H3,18,19)(H,20,22);1H. The summed E-state index contributed by atoms with van der Waals surface area (Å²) in [5.74, 6) is -0.263. The highest BCUT2D eigenvalue weighted by atomic mass is 35.5. The molecule has 0 heterocycles. The van der Waals surface area contributed by atoms with Crippen LogP contribution in [0.25, 0.3) is 0 Å². The molecule has 6 heteroatoms. The molecular formula is C17H29ClN4O. The molecule has 1 aromatic rings. The van der Waals surface area contributed by atoms with E-state index in [1.54, 1.807) is 0 Å². The summed E-state index contributed by atoms with van der Waals surface area (Å²) in [5.41, 5.74) is 8.17. The topological polar surface area (TPSA) is 82.2 Å². The number of anilines is 1. The number of carbonyl (C=O) groups excluding carboxylic acids is 1. The maximum Gasteiger partial charge on any atom is 0.328 e. The van der Waals surface area contributed by atoms with Gasteiger partial charge in [0.05, 0.1) is 5.69 Å². The molecule has 0 saturated heterocycles. The van der Waals surface area contributed by atoms with Crippen molar-refractivity contribution in [3.05, 3.63) is 29.3 Å². The van der Waals surface area contributed by atoms with Gasteiger partial charge in [0.15, 0.2) is 0 Å². The number of hydrogen-bond acceptors (Lipinski definition) is 2. The molecule has 1 rings (SSSR count). The van der Waals surface area contributed by atoms with Crippen LogP contribution in [-0.4, -0.2) is 18.5 Å². The molecule has 0 fully saturated rings. The quantitative estimate of drug-likeness (QED) is 0.396. The molecule has 0 saturated carbocycles. The summed E-state index contributed by atoms with van der Waals surface area (Å²) in [7, 11) is 0. The third-order valence-electron chi connectivity index (χ3n) is 3.66. The average molecular weight is 341 g/mol. The highest BCUT2D eigenvalue weighted by molar-refractivity contribution is 6.14. The van der Waals surface area contributed by atoms with Gasteiger partial charge in [-0.25, -0.2) is 9.69 Å². The number of amides is 2. The Morgan fingerprint density at radius 1 is 1.17 bits per heavy atom. The second-order valence-corrected chi connectivity index (χ2v) is 5.61. The number of nitrogens with one attached hydrogen (secondary N) is 2. The molecule has 0 aliphatic rings. The Labute approximate surface area is 145 Å². The molecule has 0 aliphatic heterocycles. The van der Waals surface area contributed by atoms with Crippen molar-refractivity contribution in [3.63, 3.8) is 0 Å². The van der Waals surface area contributed by atoms with Crippen molar-refractivity contribution in [2.24, 2.45) is 5.73 Å². The van der Waals surface area contributed by atoms with E-state index < -0.39 is 0 Å². The smallest absolute Gasteiger partial charge is 0.328 e. The number of para-hydroxylation sites is 1. The van der Waals surface area contributed by atoms with Crippen LogP contribution >= 0.6 is 12.4 Å². The minimum atomic E-state index is -0.333. The maximum absolute atomic E-state index is 12.4. The van der Waals surface area contributed by atoms with Crippen LogP contribution in [0.4, 0.5) is 10.5 Å². The molecule has 0 unspecified atom stereocenters. The van der Waals surface area contributed by atoms with Crippen molar-refractivity contribution in [2.75, 3.05) is 11.4 Å². The zero-order chi connectivity index (χ0) is 16.5. The van der Waals surface area contributed by atoms with Crippen molar-refractivity contribution in [1.29, 1.82) is 5.41 Å². The zero-order valence-corrected chi connectivity index (χ0v) is 15.1. The highest BCUT2D eigenvalue weighted by Crippen LogP contribution is 2.24. The lowest BCUT2D eigenvalue weighted by atomic mass is 10.1. The van der Waals surface area contributed by atoms with Gasteiger partial charge in [-0.1, -0.05) is 50.8 Å². The Morgan fingerprint density at radius 2 is 1.74 bits per heavy atom. The van der Waals surface area contributed by atoms with Gasteiger partial charge in [0.25, 0.3) is 0 Å². The van der Waals surface area contributed by atoms with Crippen molar-refractivity contribution >= 4 is 30.1 Å². The van der Waals surface area contributed by atoms with Gasteiger partial charge in [0.2, 0.25) is 5.96 Å². The predicted molar refractivity (Wildman–Crippen MR) is 99.7 cm³/mol. The van der Waals surface area contributed by atoms with Gasteiger partial charge < -0.3 is 11.1 Å². The number of rotatable bonds is 7. The summed E-state index contributed by atoms with van der Waals surface area (Å²) in [6, 6.07) is 5.42. The SMILES string of the molecule is CCCCCCCNC(=O)N(C(=N)N)c1c(C)cccc1C.Cl. The molecule has 0 aromatic heterocycles. The van der Waals surface area contributed by atoms with Crippen LogP contribution in [-0.2, 0) is 0 Å². The number of benzene rings is 1. The first-order valence-corrected chi connectivity index (χ1v) is 7.97. The third-order valence-corrected chi connectivity index (χ3v) is 3.66. The fourth-order valence-electron chi connectivity index (χ4n) is 2.49. The van der Waals surface area contributed by atoms with Crippen LogP contribution in [0.3, 0.4) is 0 Å². The average Bonchev–Trinajstić information content (AvgIpc) is 2.46. The normalized spacial score (nSPS) is 9.87. The van der Waals surface area contributed by atoms with Crippen molar-refractivity contribution in [3.8, 4) is 0 Å². The fraction of sp³-hybridized carbons (Fsp3) is 0.529. The Hall–Kier alpha value is -1.75. The van der Waals surface area contributed by atoms with Crippen molar-refractivity contribution in [1.82, 2.24) is 5.32 Å². The van der Waals surface area contributed by atoms with E-state index in [9.17, 15) is 4.79 Å². The number of urea groups is 1. The van der Waals surface area contributed by atoms with E-state index in [1.165, 1.54) is 24.2 Å². The van der Waals surface area contributed by atoms with E-state index in [-0.39, 0.29) is 24.4 Å². The van der Waals surface area contributed by atoms with E-state index in [4.69, 9.17) is 11.1 Å². The minimum absolute atomic E-state index is 0. The molecule has 0 spiro atoms. The molecule has 23 heavy (non-hydrogen) atoms. The lowest BCUT2D eigenvalue weighted by Gasteiger charge is -2.24. The van der Waals surface area contributed by atoms with Crippen LogP contribution in [0.1, 0.15) is 50.2 Å². The number of carbonyl (C=O) groups is 1. The Kier molecular flexibility index (Phi) is 10.1. The lowest BCUT2D eigenvalue weighted by Crippen LogP contribution is -2.48. The second kappa shape index (κ2) is 10.9. The van der Waals surface area contributed by atoms with Gasteiger partial charge >= 0.3 is 6.03 Å². The number of unbranched alkanes of at least 4 members (excludes halogenated alkanes) is 4. The van der Waals surface area contributed by atoms with Crippen molar-refractivity contribution < 1.29 is 4.79 Å². The first-order chi connectivity index (χ1) is 10.5. The minimum Gasteiger partial charge on any atom is -0.369 e. The first-order valence-electron chi connectivity index (χ1n) is 7.97.